The summed E-state index contributed by atoms with van der Waals surface area (Å²) in [6.45, 7) is 8.51. The molecule has 1 saturated heterocycles. The van der Waals surface area contributed by atoms with Gasteiger partial charge in [0.25, 0.3) is 0 Å². The molecule has 0 unspecified atom stereocenters. The van der Waals surface area contributed by atoms with Crippen molar-refractivity contribution in [3.63, 3.8) is 0 Å². The van der Waals surface area contributed by atoms with Gasteiger partial charge in [-0.1, -0.05) is 6.07 Å². The lowest BCUT2D eigenvalue weighted by Gasteiger charge is -2.39. The quantitative estimate of drug-likeness (QED) is 0.837. The van der Waals surface area contributed by atoms with Crippen LogP contribution in [-0.4, -0.2) is 70.6 Å². The second-order valence-corrected chi connectivity index (χ2v) is 7.54. The summed E-state index contributed by atoms with van der Waals surface area (Å²) >= 11 is 0. The second-order valence-electron chi connectivity index (χ2n) is 7.54. The maximum Gasteiger partial charge on any atom is 0.135 e. The number of piperazine rings is 1. The summed E-state index contributed by atoms with van der Waals surface area (Å²) in [7, 11) is 2.21. The Morgan fingerprint density at radius 2 is 2.00 bits per heavy atom. The Morgan fingerprint density at radius 1 is 1.12 bits per heavy atom. The lowest BCUT2D eigenvalue weighted by Crippen LogP contribution is -2.50. The smallest absolute Gasteiger partial charge is 0.135 e. The predicted molar refractivity (Wildman–Crippen MR) is 103 cm³/mol. The first-order valence-electron chi connectivity index (χ1n) is 9.60. The number of fused-ring (bicyclic) bond motifs is 1. The van der Waals surface area contributed by atoms with Crippen LogP contribution in [0.4, 0.5) is 5.82 Å². The molecule has 2 aliphatic heterocycles. The Balaban J connectivity index is 1.50. The van der Waals surface area contributed by atoms with Crippen LogP contribution in [0.2, 0.25) is 0 Å². The molecule has 0 radical (unpaired) electrons. The molecule has 0 aromatic carbocycles. The molecular formula is C20H28N6. The Kier molecular flexibility index (Phi) is 5.13. The second kappa shape index (κ2) is 7.68. The van der Waals surface area contributed by atoms with Crippen LogP contribution in [-0.2, 0) is 19.4 Å². The van der Waals surface area contributed by atoms with Crippen molar-refractivity contribution in [2.45, 2.75) is 32.4 Å². The molecule has 1 fully saturated rings. The third kappa shape index (κ3) is 3.71. The molecular weight excluding hydrogens is 324 g/mol. The number of pyridine rings is 1. The van der Waals surface area contributed by atoms with Gasteiger partial charge in [-0.2, -0.15) is 0 Å². The number of anilines is 1. The van der Waals surface area contributed by atoms with Gasteiger partial charge < -0.3 is 9.80 Å². The molecule has 0 bridgehead atoms. The Labute approximate surface area is 155 Å². The normalized spacial score (nSPS) is 22.1. The van der Waals surface area contributed by atoms with Gasteiger partial charge in [-0.15, -0.1) is 0 Å². The minimum absolute atomic E-state index is 0.558. The van der Waals surface area contributed by atoms with E-state index in [2.05, 4.69) is 44.7 Å². The van der Waals surface area contributed by atoms with Crippen molar-refractivity contribution in [3.8, 4) is 0 Å². The topological polar surface area (TPSA) is 48.4 Å². The first kappa shape index (κ1) is 17.4. The zero-order valence-corrected chi connectivity index (χ0v) is 15.8. The van der Waals surface area contributed by atoms with Gasteiger partial charge in [-0.25, -0.2) is 9.97 Å². The fraction of sp³-hybridized carbons (Fsp3) is 0.550. The van der Waals surface area contributed by atoms with Crippen molar-refractivity contribution in [1.29, 1.82) is 0 Å². The van der Waals surface area contributed by atoms with E-state index in [9.17, 15) is 0 Å². The summed E-state index contributed by atoms with van der Waals surface area (Å²) in [6.07, 6.45) is 7.57. The van der Waals surface area contributed by atoms with E-state index in [0.717, 1.165) is 57.9 Å². The molecule has 1 atom stereocenters. The van der Waals surface area contributed by atoms with Gasteiger partial charge in [0.15, 0.2) is 0 Å². The van der Waals surface area contributed by atoms with E-state index in [-0.39, 0.29) is 0 Å². The number of hydrogen-bond donors (Lipinski definition) is 0. The molecule has 2 aliphatic rings. The van der Waals surface area contributed by atoms with Crippen LogP contribution in [0.15, 0.2) is 30.9 Å². The summed E-state index contributed by atoms with van der Waals surface area (Å²) in [6, 6.07) is 4.73. The standard InChI is InChI=1S/C20H28N6/c1-16-13-26(11-10-24(16)2)20-18-5-8-25(9-6-19(18)22-15-23-20)14-17-4-3-7-21-12-17/h3-4,7,12,15-16H,5-6,8-11,13-14H2,1-2H3/t16-/m1/s1. The van der Waals surface area contributed by atoms with Crippen LogP contribution < -0.4 is 4.90 Å². The first-order valence-corrected chi connectivity index (χ1v) is 9.60. The lowest BCUT2D eigenvalue weighted by molar-refractivity contribution is 0.233. The van der Waals surface area contributed by atoms with E-state index >= 15 is 0 Å². The van der Waals surface area contributed by atoms with Crippen molar-refractivity contribution >= 4 is 5.82 Å². The van der Waals surface area contributed by atoms with Crippen LogP contribution >= 0.6 is 0 Å². The van der Waals surface area contributed by atoms with Crippen molar-refractivity contribution in [2.75, 3.05) is 44.7 Å². The zero-order valence-electron chi connectivity index (χ0n) is 15.8. The van der Waals surface area contributed by atoms with Crippen LogP contribution in [0, 0.1) is 0 Å². The highest BCUT2D eigenvalue weighted by atomic mass is 15.3. The van der Waals surface area contributed by atoms with Crippen molar-refractivity contribution in [3.05, 3.63) is 47.7 Å². The van der Waals surface area contributed by atoms with Gasteiger partial charge in [0.2, 0.25) is 0 Å². The number of aromatic nitrogens is 3. The van der Waals surface area contributed by atoms with E-state index in [0.29, 0.717) is 6.04 Å². The number of nitrogens with zero attached hydrogens (tertiary/aromatic N) is 6. The van der Waals surface area contributed by atoms with Crippen LogP contribution in [0.5, 0.6) is 0 Å². The van der Waals surface area contributed by atoms with Gasteiger partial charge in [-0.3, -0.25) is 9.88 Å². The average molecular weight is 352 g/mol. The molecule has 2 aromatic heterocycles. The fourth-order valence-electron chi connectivity index (χ4n) is 3.98. The highest BCUT2D eigenvalue weighted by Crippen LogP contribution is 2.26. The molecule has 0 N–H and O–H groups in total. The van der Waals surface area contributed by atoms with E-state index in [1.807, 2.05) is 18.5 Å². The third-order valence-electron chi connectivity index (χ3n) is 5.74. The van der Waals surface area contributed by atoms with Gasteiger partial charge in [0.05, 0.1) is 5.69 Å². The molecule has 4 heterocycles. The van der Waals surface area contributed by atoms with Gasteiger partial charge in [0.1, 0.15) is 12.1 Å². The van der Waals surface area contributed by atoms with Crippen LogP contribution in [0.1, 0.15) is 23.7 Å². The van der Waals surface area contributed by atoms with Crippen molar-refractivity contribution in [1.82, 2.24) is 24.8 Å². The van der Waals surface area contributed by atoms with E-state index in [4.69, 9.17) is 4.98 Å². The lowest BCUT2D eigenvalue weighted by atomic mass is 10.1. The number of hydrogen-bond acceptors (Lipinski definition) is 6. The largest absolute Gasteiger partial charge is 0.353 e. The van der Waals surface area contributed by atoms with Crippen LogP contribution in [0.25, 0.3) is 0 Å². The monoisotopic (exact) mass is 352 g/mol. The summed E-state index contributed by atoms with van der Waals surface area (Å²) < 4.78 is 0. The summed E-state index contributed by atoms with van der Waals surface area (Å²) in [5.74, 6) is 1.16. The minimum Gasteiger partial charge on any atom is -0.353 e. The van der Waals surface area contributed by atoms with Crippen molar-refractivity contribution < 1.29 is 0 Å². The molecule has 2 aromatic rings. The highest BCUT2D eigenvalue weighted by Gasteiger charge is 2.26. The van der Waals surface area contributed by atoms with Gasteiger partial charge >= 0.3 is 0 Å². The third-order valence-corrected chi connectivity index (χ3v) is 5.74. The van der Waals surface area contributed by atoms with Gasteiger partial charge in [0, 0.05) is 69.7 Å². The number of likely N-dealkylation sites (N-methyl/N-ethyl adjacent to an activating group) is 1. The molecule has 4 rings (SSSR count). The average Bonchev–Trinajstić information content (AvgIpc) is 2.87. The first-order chi connectivity index (χ1) is 12.7. The summed E-state index contributed by atoms with van der Waals surface area (Å²) in [4.78, 5) is 21.0. The van der Waals surface area contributed by atoms with E-state index in [1.165, 1.54) is 16.8 Å². The number of rotatable bonds is 3. The maximum atomic E-state index is 4.69. The Hall–Kier alpha value is -2.05. The van der Waals surface area contributed by atoms with Crippen LogP contribution in [0.3, 0.4) is 0 Å². The SMILES string of the molecule is C[C@@H]1CN(c2ncnc3c2CCN(Cc2cccnc2)CC3)CCN1C. The Bertz CT molecular complexity index is 734. The van der Waals surface area contributed by atoms with E-state index in [1.54, 1.807) is 6.33 Å². The summed E-state index contributed by atoms with van der Waals surface area (Å²) in [5, 5.41) is 0. The molecule has 0 aliphatic carbocycles. The molecule has 0 amide bonds. The summed E-state index contributed by atoms with van der Waals surface area (Å²) in [5.41, 5.74) is 3.87. The highest BCUT2D eigenvalue weighted by molar-refractivity contribution is 5.50. The maximum absolute atomic E-state index is 4.69. The predicted octanol–water partition coefficient (Wildman–Crippen LogP) is 1.61. The van der Waals surface area contributed by atoms with E-state index < -0.39 is 0 Å². The molecule has 138 valence electrons. The van der Waals surface area contributed by atoms with Gasteiger partial charge in [-0.05, 0) is 32.0 Å². The minimum atomic E-state index is 0.558. The van der Waals surface area contributed by atoms with Crippen molar-refractivity contribution in [2.24, 2.45) is 0 Å². The molecule has 6 heteroatoms. The zero-order chi connectivity index (χ0) is 17.9. The molecule has 26 heavy (non-hydrogen) atoms. The Morgan fingerprint density at radius 3 is 2.81 bits per heavy atom. The fourth-order valence-corrected chi connectivity index (χ4v) is 3.98. The molecule has 0 spiro atoms. The molecule has 0 saturated carbocycles. The molecule has 6 nitrogen and oxygen atoms in total.